The largest absolute Gasteiger partial charge is 0.250 e. The van der Waals surface area contributed by atoms with Crippen molar-refractivity contribution in [3.63, 3.8) is 0 Å². The van der Waals surface area contributed by atoms with Gasteiger partial charge in [0.15, 0.2) is 0 Å². The molecule has 1 saturated carbocycles. The summed E-state index contributed by atoms with van der Waals surface area (Å²) in [5.41, 5.74) is 0. The predicted molar refractivity (Wildman–Crippen MR) is 65.0 cm³/mol. The molecule has 1 N–H and O–H groups in total. The lowest BCUT2D eigenvalue weighted by Crippen LogP contribution is -2.39. The molecule has 0 aromatic carbocycles. The van der Waals surface area contributed by atoms with Gasteiger partial charge in [-0.05, 0) is 34.8 Å². The summed E-state index contributed by atoms with van der Waals surface area (Å²) in [6.07, 6.45) is 2.96. The van der Waals surface area contributed by atoms with Crippen molar-refractivity contribution in [2.24, 2.45) is 0 Å². The molecule has 1 aromatic heterocycles. The van der Waals surface area contributed by atoms with Crippen LogP contribution in [0, 0.1) is 0 Å². The normalized spacial score (nSPS) is 17.7. The van der Waals surface area contributed by atoms with Crippen LogP contribution in [0.1, 0.15) is 19.3 Å². The highest BCUT2D eigenvalue weighted by molar-refractivity contribution is 9.11. The first-order chi connectivity index (χ1) is 6.99. The molecule has 3 nitrogen and oxygen atoms in total. The maximum atomic E-state index is 11.8. The van der Waals surface area contributed by atoms with Gasteiger partial charge in [-0.15, -0.1) is 11.3 Å². The maximum absolute atomic E-state index is 11.8. The van der Waals surface area contributed by atoms with Crippen molar-refractivity contribution in [3.05, 3.63) is 14.9 Å². The summed E-state index contributed by atoms with van der Waals surface area (Å²) in [5, 5.41) is 0.439. The highest BCUT2D eigenvalue weighted by Crippen LogP contribution is 2.35. The van der Waals surface area contributed by atoms with Crippen molar-refractivity contribution in [2.75, 3.05) is 0 Å². The zero-order valence-electron chi connectivity index (χ0n) is 7.66. The monoisotopic (exact) mass is 329 g/mol. The average Bonchev–Trinajstić information content (AvgIpc) is 2.41. The lowest BCUT2D eigenvalue weighted by molar-refractivity contribution is 0.384. The minimum absolute atomic E-state index is 0.106. The van der Waals surface area contributed by atoms with E-state index in [0.29, 0.717) is 8.81 Å². The molecular formula is C8H9BrClNO2S2. The maximum Gasteiger partial charge on any atom is 0.250 e. The molecule has 84 valence electrons. The molecular weight excluding hydrogens is 322 g/mol. The molecule has 0 unspecified atom stereocenters. The Labute approximate surface area is 106 Å². The van der Waals surface area contributed by atoms with Crippen LogP contribution in [-0.4, -0.2) is 14.5 Å². The predicted octanol–water partition coefficient (Wildman–Crippen LogP) is 2.99. The summed E-state index contributed by atoms with van der Waals surface area (Å²) in [7, 11) is -3.37. The number of nitrogens with one attached hydrogen (secondary N) is 1. The van der Waals surface area contributed by atoms with Gasteiger partial charge >= 0.3 is 0 Å². The Hall–Kier alpha value is 0.380. The molecule has 1 aromatic rings. The van der Waals surface area contributed by atoms with E-state index in [4.69, 9.17) is 11.6 Å². The average molecular weight is 331 g/mol. The lowest BCUT2D eigenvalue weighted by atomic mass is 9.94. The van der Waals surface area contributed by atoms with E-state index in [1.807, 2.05) is 0 Å². The van der Waals surface area contributed by atoms with Crippen LogP contribution >= 0.6 is 38.9 Å². The Morgan fingerprint density at radius 3 is 2.60 bits per heavy atom. The van der Waals surface area contributed by atoms with Crippen LogP contribution in [0.5, 0.6) is 0 Å². The lowest BCUT2D eigenvalue weighted by Gasteiger charge is -2.25. The fourth-order valence-electron chi connectivity index (χ4n) is 1.26. The van der Waals surface area contributed by atoms with E-state index in [0.717, 1.165) is 30.6 Å². The molecule has 0 radical (unpaired) electrons. The SMILES string of the molecule is O=S(=O)(NC1CCC1)c1cc(Cl)c(Br)s1. The molecule has 1 heterocycles. The van der Waals surface area contributed by atoms with Crippen molar-refractivity contribution in [2.45, 2.75) is 29.5 Å². The number of hydrogen-bond donors (Lipinski definition) is 1. The van der Waals surface area contributed by atoms with E-state index in [1.165, 1.54) is 6.07 Å². The summed E-state index contributed by atoms with van der Waals surface area (Å²) >= 11 is 10.1. The smallest absolute Gasteiger partial charge is 0.207 e. The molecule has 1 aliphatic rings. The van der Waals surface area contributed by atoms with Crippen LogP contribution in [0.2, 0.25) is 5.02 Å². The van der Waals surface area contributed by atoms with E-state index in [1.54, 1.807) is 0 Å². The second-order valence-corrected chi connectivity index (χ2v) is 8.15. The van der Waals surface area contributed by atoms with E-state index < -0.39 is 10.0 Å². The Balaban J connectivity index is 2.20. The third-order valence-corrected chi connectivity index (χ3v) is 6.78. The summed E-state index contributed by atoms with van der Waals surface area (Å²) in [6, 6.07) is 1.58. The van der Waals surface area contributed by atoms with Gasteiger partial charge in [0.05, 0.1) is 8.81 Å². The molecule has 1 aliphatic carbocycles. The van der Waals surface area contributed by atoms with Gasteiger partial charge in [0.1, 0.15) is 4.21 Å². The van der Waals surface area contributed by atoms with Crippen molar-refractivity contribution < 1.29 is 8.42 Å². The van der Waals surface area contributed by atoms with Crippen molar-refractivity contribution >= 4 is 48.9 Å². The fourth-order valence-corrected chi connectivity index (χ4v) is 4.98. The first-order valence-corrected chi connectivity index (χ1v) is 7.93. The van der Waals surface area contributed by atoms with Gasteiger partial charge in [-0.25, -0.2) is 13.1 Å². The standard InChI is InChI=1S/C8H9BrClNO2S2/c9-8-6(10)4-7(14-8)15(12,13)11-5-2-1-3-5/h4-5,11H,1-3H2. The Bertz CT molecular complexity index is 447. The van der Waals surface area contributed by atoms with Crippen LogP contribution in [0.3, 0.4) is 0 Å². The Morgan fingerprint density at radius 1 is 1.53 bits per heavy atom. The van der Waals surface area contributed by atoms with Gasteiger partial charge in [0.25, 0.3) is 0 Å². The van der Waals surface area contributed by atoms with Gasteiger partial charge in [-0.1, -0.05) is 18.0 Å². The third kappa shape index (κ3) is 2.55. The van der Waals surface area contributed by atoms with Gasteiger partial charge in [-0.2, -0.15) is 0 Å². The second kappa shape index (κ2) is 4.33. The van der Waals surface area contributed by atoms with E-state index in [9.17, 15) is 8.42 Å². The van der Waals surface area contributed by atoms with E-state index in [2.05, 4.69) is 20.7 Å². The van der Waals surface area contributed by atoms with Crippen molar-refractivity contribution in [1.82, 2.24) is 4.72 Å². The third-order valence-electron chi connectivity index (χ3n) is 2.31. The number of thiophene rings is 1. The van der Waals surface area contributed by atoms with Gasteiger partial charge in [-0.3, -0.25) is 0 Å². The number of rotatable bonds is 3. The molecule has 2 rings (SSSR count). The quantitative estimate of drug-likeness (QED) is 0.926. The molecule has 7 heteroatoms. The molecule has 1 fully saturated rings. The number of halogens is 2. The summed E-state index contributed by atoms with van der Waals surface area (Å²) in [4.78, 5) is 0. The molecule has 15 heavy (non-hydrogen) atoms. The highest BCUT2D eigenvalue weighted by atomic mass is 79.9. The minimum Gasteiger partial charge on any atom is -0.207 e. The van der Waals surface area contributed by atoms with Crippen molar-refractivity contribution in [3.8, 4) is 0 Å². The molecule has 0 spiro atoms. The first-order valence-electron chi connectivity index (χ1n) is 4.46. The molecule has 0 aliphatic heterocycles. The second-order valence-electron chi connectivity index (χ2n) is 3.44. The first kappa shape index (κ1) is 11.9. The van der Waals surface area contributed by atoms with Gasteiger partial charge in [0, 0.05) is 6.04 Å². The summed E-state index contributed by atoms with van der Waals surface area (Å²) in [6.45, 7) is 0. The molecule has 0 bridgehead atoms. The van der Waals surface area contributed by atoms with Crippen LogP contribution in [0.25, 0.3) is 0 Å². The van der Waals surface area contributed by atoms with E-state index >= 15 is 0 Å². The van der Waals surface area contributed by atoms with Gasteiger partial charge in [0.2, 0.25) is 10.0 Å². The van der Waals surface area contributed by atoms with E-state index in [-0.39, 0.29) is 10.3 Å². The van der Waals surface area contributed by atoms with Crippen LogP contribution < -0.4 is 4.72 Å². The molecule has 0 amide bonds. The Morgan fingerprint density at radius 2 is 2.20 bits per heavy atom. The van der Waals surface area contributed by atoms with Crippen LogP contribution in [0.15, 0.2) is 14.1 Å². The number of hydrogen-bond acceptors (Lipinski definition) is 3. The summed E-state index contributed by atoms with van der Waals surface area (Å²) in [5.74, 6) is 0. The topological polar surface area (TPSA) is 46.2 Å². The Kier molecular flexibility index (Phi) is 3.42. The van der Waals surface area contributed by atoms with Gasteiger partial charge < -0.3 is 0 Å². The van der Waals surface area contributed by atoms with Crippen molar-refractivity contribution in [1.29, 1.82) is 0 Å². The fraction of sp³-hybridized carbons (Fsp3) is 0.500. The van der Waals surface area contributed by atoms with Crippen LogP contribution in [-0.2, 0) is 10.0 Å². The zero-order valence-corrected chi connectivity index (χ0v) is 11.6. The summed E-state index contributed by atoms with van der Waals surface area (Å²) < 4.78 is 27.2. The molecule has 0 saturated heterocycles. The van der Waals surface area contributed by atoms with Crippen LogP contribution in [0.4, 0.5) is 0 Å². The number of sulfonamides is 1. The molecule has 0 atom stereocenters. The zero-order chi connectivity index (χ0) is 11.1. The highest BCUT2D eigenvalue weighted by Gasteiger charge is 2.26. The minimum atomic E-state index is -3.37.